The van der Waals surface area contributed by atoms with Crippen molar-refractivity contribution in [1.29, 1.82) is 0 Å². The van der Waals surface area contributed by atoms with Crippen molar-refractivity contribution in [3.63, 3.8) is 0 Å². The first-order valence-corrected chi connectivity index (χ1v) is 25.6. The topological polar surface area (TPSA) is 131 Å². The Labute approximate surface area is 373 Å². The van der Waals surface area contributed by atoms with E-state index in [-0.39, 0.29) is 32.1 Å². The van der Waals surface area contributed by atoms with Crippen LogP contribution in [0, 0.1) is 0 Å². The molecule has 0 rings (SSSR count). The zero-order valence-electron chi connectivity index (χ0n) is 38.6. The highest BCUT2D eigenvalue weighted by Gasteiger charge is 2.23. The largest absolute Gasteiger partial charge is 0.472 e. The van der Waals surface area contributed by atoms with E-state index in [2.05, 4.69) is 92.1 Å². The summed E-state index contributed by atoms with van der Waals surface area (Å²) in [5, 5.41) is 12.7. The molecule has 0 aromatic rings. The molecule has 0 bridgehead atoms. The van der Waals surface area contributed by atoms with E-state index < -0.39 is 26.5 Å². The van der Waals surface area contributed by atoms with Gasteiger partial charge in [0.15, 0.2) is 0 Å². The lowest BCUT2D eigenvalue weighted by Gasteiger charge is -2.15. The molecule has 0 saturated heterocycles. The van der Waals surface area contributed by atoms with E-state index >= 15 is 0 Å². The predicted molar refractivity (Wildman–Crippen MR) is 256 cm³/mol. The number of unbranched alkanes of at least 4 members (excludes halogenated alkanes) is 17. The van der Waals surface area contributed by atoms with Gasteiger partial charge < -0.3 is 20.1 Å². The lowest BCUT2D eigenvalue weighted by Crippen LogP contribution is -2.27. The highest BCUT2D eigenvalue weighted by Crippen LogP contribution is 2.42. The van der Waals surface area contributed by atoms with E-state index in [0.29, 0.717) is 12.8 Å². The summed E-state index contributed by atoms with van der Waals surface area (Å²) < 4.78 is 26.9. The number of phosphoric ester groups is 1. The van der Waals surface area contributed by atoms with Crippen LogP contribution in [-0.2, 0) is 27.9 Å². The number of esters is 1. The average Bonchev–Trinajstić information content (AvgIpc) is 3.25. The lowest BCUT2D eigenvalue weighted by atomic mass is 10.0. The minimum absolute atomic E-state index is 0.0362. The monoisotopic (exact) mass is 874 g/mol. The van der Waals surface area contributed by atoms with E-state index in [1.165, 1.54) is 103 Å². The molecular weight excluding hydrogens is 786 g/mol. The predicted octanol–water partition coefficient (Wildman–Crippen LogP) is 14.0. The van der Waals surface area contributed by atoms with Crippen LogP contribution in [0.1, 0.15) is 194 Å². The maximum Gasteiger partial charge on any atom is 0.472 e. The van der Waals surface area contributed by atoms with Crippen molar-refractivity contribution >= 4 is 19.7 Å². The summed E-state index contributed by atoms with van der Waals surface area (Å²) in [6.07, 6.45) is 59.6. The first-order valence-electron chi connectivity index (χ1n) is 24.1. The first-order chi connectivity index (χ1) is 29.8. The van der Waals surface area contributed by atoms with Gasteiger partial charge in [0.25, 0.3) is 0 Å². The Balaban J connectivity index is 3.67. The summed E-state index contributed by atoms with van der Waals surface area (Å²) in [6.45, 7) is 3.34. The molecule has 0 aliphatic rings. The standard InChI is InChI=1S/C51H88NO8P/c1-3-5-7-9-11-13-15-17-19-21-23-24-26-28-30-32-34-36-38-40-42-44-51(55)58-47-49(53)48-60-61(56,57)59-46-45-52-50(54)43-41-39-37-35-33-31-29-27-25-22-20-18-16-14-12-10-8-6-4-2/h6,8,12,14,17-20,25,27,31,33,37,39,49,53H,3-5,7,9-11,13,15-16,21-24,26,28-30,32,34-36,38,40-48H2,1-2H3,(H,52,54)(H,56,57)/b8-6-,14-12-,19-17+,20-18-,27-25-,33-31-,39-37-. The Bertz CT molecular complexity index is 1270. The van der Waals surface area contributed by atoms with Crippen molar-refractivity contribution < 1.29 is 37.9 Å². The van der Waals surface area contributed by atoms with E-state index in [1.54, 1.807) is 0 Å². The molecule has 61 heavy (non-hydrogen) atoms. The Kier molecular flexibility index (Phi) is 44.5. The van der Waals surface area contributed by atoms with Gasteiger partial charge in [-0.2, -0.15) is 0 Å². The summed E-state index contributed by atoms with van der Waals surface area (Å²) in [7, 11) is -4.45. The van der Waals surface area contributed by atoms with Crippen LogP contribution in [0.4, 0.5) is 0 Å². The van der Waals surface area contributed by atoms with Gasteiger partial charge in [0, 0.05) is 19.4 Å². The van der Waals surface area contributed by atoms with Crippen molar-refractivity contribution in [2.75, 3.05) is 26.4 Å². The molecule has 0 spiro atoms. The number of hydrogen-bond donors (Lipinski definition) is 3. The van der Waals surface area contributed by atoms with Crippen LogP contribution in [0.3, 0.4) is 0 Å². The van der Waals surface area contributed by atoms with Crippen molar-refractivity contribution in [2.45, 2.75) is 200 Å². The fourth-order valence-electron chi connectivity index (χ4n) is 6.22. The number of nitrogens with one attached hydrogen (secondary N) is 1. The summed E-state index contributed by atoms with van der Waals surface area (Å²) in [5.41, 5.74) is 0. The number of carbonyl (C=O) groups is 2. The van der Waals surface area contributed by atoms with Gasteiger partial charge in [-0.1, -0.05) is 189 Å². The van der Waals surface area contributed by atoms with Gasteiger partial charge in [-0.05, 0) is 77.0 Å². The van der Waals surface area contributed by atoms with E-state index in [1.807, 2.05) is 12.2 Å². The van der Waals surface area contributed by atoms with E-state index in [0.717, 1.165) is 57.8 Å². The van der Waals surface area contributed by atoms with Gasteiger partial charge in [-0.3, -0.25) is 18.6 Å². The van der Waals surface area contributed by atoms with Crippen LogP contribution < -0.4 is 5.32 Å². The smallest absolute Gasteiger partial charge is 0.463 e. The molecule has 10 heteroatoms. The minimum atomic E-state index is -4.45. The van der Waals surface area contributed by atoms with Crippen molar-refractivity contribution in [3.05, 3.63) is 85.1 Å². The van der Waals surface area contributed by atoms with Crippen LogP contribution in [0.2, 0.25) is 0 Å². The number of aliphatic hydroxyl groups excluding tert-OH is 1. The Morgan fingerprint density at radius 1 is 0.525 bits per heavy atom. The number of amides is 1. The number of ether oxygens (including phenoxy) is 1. The molecule has 0 aliphatic carbocycles. The highest BCUT2D eigenvalue weighted by atomic mass is 31.2. The zero-order valence-corrected chi connectivity index (χ0v) is 39.5. The molecule has 2 unspecified atom stereocenters. The van der Waals surface area contributed by atoms with Crippen molar-refractivity contribution in [2.24, 2.45) is 0 Å². The van der Waals surface area contributed by atoms with Crippen molar-refractivity contribution in [3.8, 4) is 0 Å². The number of rotatable bonds is 44. The van der Waals surface area contributed by atoms with Crippen molar-refractivity contribution in [1.82, 2.24) is 5.32 Å². The molecule has 1 amide bonds. The maximum absolute atomic E-state index is 12.1. The summed E-state index contributed by atoms with van der Waals surface area (Å²) >= 11 is 0. The van der Waals surface area contributed by atoms with E-state index in [4.69, 9.17) is 13.8 Å². The molecule has 0 saturated carbocycles. The average molecular weight is 874 g/mol. The molecule has 3 N–H and O–H groups in total. The van der Waals surface area contributed by atoms with Crippen LogP contribution in [0.5, 0.6) is 0 Å². The minimum Gasteiger partial charge on any atom is -0.463 e. The SMILES string of the molecule is CC/C=C\C/C=C\C/C=C\C/C=C\C/C=C\C/C=C\CCC(=O)NCCOP(=O)(O)OCC(O)COC(=O)CCCCCCCCCCCCC/C=C/CCCCCCCC. The molecule has 0 aromatic carbocycles. The number of carbonyl (C=O) groups excluding carboxylic acids is 2. The number of aliphatic hydroxyl groups is 1. The number of hydrogen-bond acceptors (Lipinski definition) is 7. The molecule has 0 fully saturated rings. The van der Waals surface area contributed by atoms with E-state index in [9.17, 15) is 24.2 Å². The van der Waals surface area contributed by atoms with Gasteiger partial charge in [0.05, 0.1) is 13.2 Å². The third-order valence-corrected chi connectivity index (χ3v) is 10.8. The van der Waals surface area contributed by atoms with Gasteiger partial charge in [-0.25, -0.2) is 4.57 Å². The highest BCUT2D eigenvalue weighted by molar-refractivity contribution is 7.47. The lowest BCUT2D eigenvalue weighted by molar-refractivity contribution is -0.147. The fourth-order valence-corrected chi connectivity index (χ4v) is 6.98. The summed E-state index contributed by atoms with van der Waals surface area (Å²) in [4.78, 5) is 34.0. The van der Waals surface area contributed by atoms with Crippen LogP contribution >= 0.6 is 7.82 Å². The Hall–Kier alpha value is -2.81. The molecular formula is C51H88NO8P. The first kappa shape index (κ1) is 58.2. The molecule has 2 atom stereocenters. The van der Waals surface area contributed by atoms with Gasteiger partial charge in [0.1, 0.15) is 12.7 Å². The number of phosphoric acid groups is 1. The quantitative estimate of drug-likeness (QED) is 0.0239. The molecule has 0 aliphatic heterocycles. The van der Waals surface area contributed by atoms with Gasteiger partial charge in [-0.15, -0.1) is 0 Å². The molecule has 0 aromatic heterocycles. The molecule has 350 valence electrons. The molecule has 0 radical (unpaired) electrons. The van der Waals surface area contributed by atoms with Crippen LogP contribution in [0.15, 0.2) is 85.1 Å². The third kappa shape index (κ3) is 48.1. The summed E-state index contributed by atoms with van der Waals surface area (Å²) in [6, 6.07) is 0. The van der Waals surface area contributed by atoms with Gasteiger partial charge in [0.2, 0.25) is 5.91 Å². The normalized spacial score (nSPS) is 14.0. The third-order valence-electron chi connectivity index (χ3n) is 9.82. The zero-order chi connectivity index (χ0) is 44.6. The molecule has 0 heterocycles. The van der Waals surface area contributed by atoms with Crippen LogP contribution in [-0.4, -0.2) is 54.3 Å². The maximum atomic E-state index is 12.1. The molecule has 9 nitrogen and oxygen atoms in total. The second-order valence-corrected chi connectivity index (χ2v) is 17.1. The second-order valence-electron chi connectivity index (χ2n) is 15.7. The second kappa shape index (κ2) is 46.7. The summed E-state index contributed by atoms with van der Waals surface area (Å²) in [5.74, 6) is -0.606. The van der Waals surface area contributed by atoms with Gasteiger partial charge >= 0.3 is 13.8 Å². The Morgan fingerprint density at radius 3 is 1.44 bits per heavy atom. The fraction of sp³-hybridized carbons (Fsp3) is 0.686. The Morgan fingerprint density at radius 2 is 0.951 bits per heavy atom. The number of allylic oxidation sites excluding steroid dienone is 14. The van der Waals surface area contributed by atoms with Crippen LogP contribution in [0.25, 0.3) is 0 Å².